The van der Waals surface area contributed by atoms with Crippen LogP contribution >= 0.6 is 0 Å². The summed E-state index contributed by atoms with van der Waals surface area (Å²) in [7, 11) is 1.75. The Morgan fingerprint density at radius 1 is 1.42 bits per heavy atom. The summed E-state index contributed by atoms with van der Waals surface area (Å²) in [5.74, 6) is 0.921. The van der Waals surface area contributed by atoms with Crippen molar-refractivity contribution in [1.82, 2.24) is 14.5 Å². The molecular weight excluding hydrogens is 246 g/mol. The average molecular weight is 261 g/mol. The fourth-order valence-corrected chi connectivity index (χ4v) is 1.79. The number of nitrogens with one attached hydrogen (secondary N) is 1. The van der Waals surface area contributed by atoms with Gasteiger partial charge in [-0.15, -0.1) is 0 Å². The molecule has 0 bridgehead atoms. The maximum Gasteiger partial charge on any atom is 0.406 e. The lowest BCUT2D eigenvalue weighted by Gasteiger charge is -2.06. The molecule has 0 aliphatic heterocycles. The Bertz CT molecular complexity index is 579. The smallest absolute Gasteiger partial charge is 0.364 e. The number of aryl methyl sites for hydroxylation is 1. The van der Waals surface area contributed by atoms with Crippen molar-refractivity contribution < 1.29 is 4.92 Å². The maximum absolute atomic E-state index is 10.9. The minimum absolute atomic E-state index is 0.130. The number of anilines is 1. The van der Waals surface area contributed by atoms with Crippen LogP contribution in [0.15, 0.2) is 24.5 Å². The van der Waals surface area contributed by atoms with Crippen molar-refractivity contribution in [1.29, 1.82) is 0 Å². The third-order valence-electron chi connectivity index (χ3n) is 2.93. The molecule has 0 saturated carbocycles. The van der Waals surface area contributed by atoms with Crippen molar-refractivity contribution in [2.45, 2.75) is 13.3 Å². The summed E-state index contributed by atoms with van der Waals surface area (Å²) in [5.41, 5.74) is 1.13. The van der Waals surface area contributed by atoms with Gasteiger partial charge < -0.3 is 15.4 Å². The molecule has 0 fully saturated rings. The normalized spacial score (nSPS) is 10.4. The van der Waals surface area contributed by atoms with Crippen LogP contribution in [0.25, 0.3) is 0 Å². The summed E-state index contributed by atoms with van der Waals surface area (Å²) >= 11 is 0. The van der Waals surface area contributed by atoms with Crippen molar-refractivity contribution in [2.75, 3.05) is 11.9 Å². The number of imidazole rings is 1. The fourth-order valence-electron chi connectivity index (χ4n) is 1.79. The standard InChI is InChI=1S/C12H15N5O2/c1-9-15-12(17(18)19)11(16(9)2)14-8-5-10-3-6-13-7-4-10/h3-4,6-7,14H,5,8H2,1-2H3. The van der Waals surface area contributed by atoms with Gasteiger partial charge in [0.25, 0.3) is 0 Å². The van der Waals surface area contributed by atoms with E-state index in [0.717, 1.165) is 12.0 Å². The molecule has 0 aliphatic carbocycles. The zero-order valence-electron chi connectivity index (χ0n) is 10.8. The van der Waals surface area contributed by atoms with Gasteiger partial charge in [-0.1, -0.05) is 0 Å². The van der Waals surface area contributed by atoms with E-state index in [1.165, 1.54) is 0 Å². The first kappa shape index (κ1) is 13.0. The highest BCUT2D eigenvalue weighted by molar-refractivity contribution is 5.53. The molecule has 0 aliphatic rings. The molecule has 0 atom stereocenters. The molecule has 1 N–H and O–H groups in total. The summed E-state index contributed by atoms with van der Waals surface area (Å²) in [6.45, 7) is 2.34. The van der Waals surface area contributed by atoms with Crippen molar-refractivity contribution >= 4 is 11.6 Å². The minimum Gasteiger partial charge on any atom is -0.364 e. The number of rotatable bonds is 5. The molecule has 0 spiro atoms. The van der Waals surface area contributed by atoms with Gasteiger partial charge >= 0.3 is 5.82 Å². The minimum atomic E-state index is -0.470. The average Bonchev–Trinajstić information content (AvgIpc) is 2.68. The number of hydrogen-bond acceptors (Lipinski definition) is 5. The van der Waals surface area contributed by atoms with Crippen LogP contribution in [-0.4, -0.2) is 26.0 Å². The van der Waals surface area contributed by atoms with Gasteiger partial charge in [0, 0.05) is 32.9 Å². The fraction of sp³-hybridized carbons (Fsp3) is 0.333. The van der Waals surface area contributed by atoms with Crippen LogP contribution in [-0.2, 0) is 13.5 Å². The van der Waals surface area contributed by atoms with E-state index >= 15 is 0 Å². The van der Waals surface area contributed by atoms with E-state index in [9.17, 15) is 10.1 Å². The van der Waals surface area contributed by atoms with Gasteiger partial charge in [-0.25, -0.2) is 0 Å². The number of nitrogens with zero attached hydrogens (tertiary/aromatic N) is 4. The van der Waals surface area contributed by atoms with E-state index in [1.54, 1.807) is 30.9 Å². The SMILES string of the molecule is Cc1nc([N+](=O)[O-])c(NCCc2ccncc2)n1C. The van der Waals surface area contributed by atoms with E-state index in [-0.39, 0.29) is 5.82 Å². The Morgan fingerprint density at radius 2 is 2.11 bits per heavy atom. The maximum atomic E-state index is 10.9. The van der Waals surface area contributed by atoms with Gasteiger partial charge in [0.05, 0.1) is 0 Å². The molecule has 0 amide bonds. The third-order valence-corrected chi connectivity index (χ3v) is 2.93. The van der Waals surface area contributed by atoms with Crippen LogP contribution in [0.2, 0.25) is 0 Å². The zero-order valence-corrected chi connectivity index (χ0v) is 10.8. The Labute approximate surface area is 110 Å². The molecule has 2 aromatic rings. The van der Waals surface area contributed by atoms with Crippen LogP contribution in [0, 0.1) is 17.0 Å². The molecule has 2 heterocycles. The molecule has 0 unspecified atom stereocenters. The molecule has 7 nitrogen and oxygen atoms in total. The number of aromatic nitrogens is 3. The first-order valence-electron chi connectivity index (χ1n) is 5.90. The second-order valence-corrected chi connectivity index (χ2v) is 4.18. The second-order valence-electron chi connectivity index (χ2n) is 4.18. The van der Waals surface area contributed by atoms with E-state index in [0.29, 0.717) is 18.2 Å². The molecule has 100 valence electrons. The highest BCUT2D eigenvalue weighted by Gasteiger charge is 2.22. The summed E-state index contributed by atoms with van der Waals surface area (Å²) in [6.07, 6.45) is 4.22. The van der Waals surface area contributed by atoms with Crippen molar-refractivity contribution in [3.63, 3.8) is 0 Å². The Balaban J connectivity index is 2.05. The van der Waals surface area contributed by atoms with Crippen LogP contribution in [0.3, 0.4) is 0 Å². The Hall–Kier alpha value is -2.44. The number of pyridine rings is 1. The molecule has 0 aromatic carbocycles. The van der Waals surface area contributed by atoms with Gasteiger partial charge in [-0.05, 0) is 34.0 Å². The van der Waals surface area contributed by atoms with Gasteiger partial charge in [0.1, 0.15) is 0 Å². The topological polar surface area (TPSA) is 85.9 Å². The zero-order chi connectivity index (χ0) is 13.8. The summed E-state index contributed by atoms with van der Waals surface area (Å²) in [5, 5.41) is 14.0. The lowest BCUT2D eigenvalue weighted by Crippen LogP contribution is -2.10. The lowest BCUT2D eigenvalue weighted by atomic mass is 10.2. The van der Waals surface area contributed by atoms with Gasteiger partial charge in [0.15, 0.2) is 0 Å². The molecular formula is C12H15N5O2. The Morgan fingerprint density at radius 3 is 2.74 bits per heavy atom. The van der Waals surface area contributed by atoms with Crippen LogP contribution in [0.4, 0.5) is 11.6 Å². The lowest BCUT2D eigenvalue weighted by molar-refractivity contribution is -0.388. The molecule has 7 heteroatoms. The molecule has 19 heavy (non-hydrogen) atoms. The van der Waals surface area contributed by atoms with Gasteiger partial charge in [0.2, 0.25) is 11.6 Å². The quantitative estimate of drug-likeness (QED) is 0.653. The molecule has 0 radical (unpaired) electrons. The van der Waals surface area contributed by atoms with Crippen molar-refractivity contribution in [3.05, 3.63) is 46.0 Å². The highest BCUT2D eigenvalue weighted by Crippen LogP contribution is 2.23. The van der Waals surface area contributed by atoms with E-state index in [4.69, 9.17) is 0 Å². The largest absolute Gasteiger partial charge is 0.406 e. The monoisotopic (exact) mass is 261 g/mol. The first-order valence-corrected chi connectivity index (χ1v) is 5.90. The van der Waals surface area contributed by atoms with E-state index < -0.39 is 4.92 Å². The number of nitro groups is 1. The summed E-state index contributed by atoms with van der Waals surface area (Å²) in [4.78, 5) is 18.3. The van der Waals surface area contributed by atoms with Crippen molar-refractivity contribution in [3.8, 4) is 0 Å². The third kappa shape index (κ3) is 2.87. The van der Waals surface area contributed by atoms with E-state index in [1.807, 2.05) is 12.1 Å². The van der Waals surface area contributed by atoms with Crippen LogP contribution in [0.5, 0.6) is 0 Å². The van der Waals surface area contributed by atoms with Gasteiger partial charge in [-0.3, -0.25) is 9.55 Å². The van der Waals surface area contributed by atoms with Crippen molar-refractivity contribution in [2.24, 2.45) is 7.05 Å². The van der Waals surface area contributed by atoms with Crippen LogP contribution in [0.1, 0.15) is 11.4 Å². The van der Waals surface area contributed by atoms with Gasteiger partial charge in [-0.2, -0.15) is 0 Å². The predicted molar refractivity (Wildman–Crippen MR) is 71.0 cm³/mol. The Kier molecular flexibility index (Phi) is 3.74. The van der Waals surface area contributed by atoms with Crippen LogP contribution < -0.4 is 5.32 Å². The molecule has 0 saturated heterocycles. The summed E-state index contributed by atoms with van der Waals surface area (Å²) < 4.78 is 1.69. The molecule has 2 aromatic heterocycles. The van der Waals surface area contributed by atoms with E-state index in [2.05, 4.69) is 15.3 Å². The number of hydrogen-bond donors (Lipinski definition) is 1. The second kappa shape index (κ2) is 5.47. The predicted octanol–water partition coefficient (Wildman–Crippen LogP) is 1.69. The highest BCUT2D eigenvalue weighted by atomic mass is 16.6. The first-order chi connectivity index (χ1) is 9.09. The molecule has 2 rings (SSSR count). The summed E-state index contributed by atoms with van der Waals surface area (Å²) in [6, 6.07) is 3.84.